The van der Waals surface area contributed by atoms with Gasteiger partial charge in [0.15, 0.2) is 6.10 Å². The van der Waals surface area contributed by atoms with Crippen LogP contribution in [0.5, 0.6) is 0 Å². The van der Waals surface area contributed by atoms with Gasteiger partial charge in [0.2, 0.25) is 0 Å². The maximum absolute atomic E-state index is 12.9. The largest absolute Gasteiger partial charge is 0.462 e. The molecule has 0 N–H and O–H groups in total. The first-order valence-electron chi connectivity index (χ1n) is 31.7. The summed E-state index contributed by atoms with van der Waals surface area (Å²) in [5, 5.41) is 0. The first-order valence-corrected chi connectivity index (χ1v) is 31.7. The van der Waals surface area contributed by atoms with E-state index in [2.05, 4.69) is 118 Å². The van der Waals surface area contributed by atoms with Gasteiger partial charge in [-0.15, -0.1) is 0 Å². The van der Waals surface area contributed by atoms with E-state index in [0.717, 1.165) is 109 Å². The number of esters is 3. The number of rotatable bonds is 57. The van der Waals surface area contributed by atoms with Gasteiger partial charge in [-0.2, -0.15) is 0 Å². The van der Waals surface area contributed by atoms with Crippen LogP contribution in [0.4, 0.5) is 0 Å². The Morgan fingerprint density at radius 3 is 0.867 bits per heavy atom. The van der Waals surface area contributed by atoms with Crippen molar-refractivity contribution in [3.63, 3.8) is 0 Å². The third-order valence-electron chi connectivity index (χ3n) is 13.5. The molecule has 0 fully saturated rings. The number of unbranched alkanes of at least 4 members (excludes halogenated alkanes) is 30. The van der Waals surface area contributed by atoms with Gasteiger partial charge in [-0.05, 0) is 116 Å². The Morgan fingerprint density at radius 1 is 0.280 bits per heavy atom. The zero-order valence-electron chi connectivity index (χ0n) is 49.3. The summed E-state index contributed by atoms with van der Waals surface area (Å²) in [4.78, 5) is 38.2. The lowest BCUT2D eigenvalue weighted by molar-refractivity contribution is -0.167. The van der Waals surface area contributed by atoms with Crippen molar-refractivity contribution in [1.82, 2.24) is 0 Å². The number of hydrogen-bond acceptors (Lipinski definition) is 6. The van der Waals surface area contributed by atoms with Gasteiger partial charge in [0.1, 0.15) is 13.2 Å². The van der Waals surface area contributed by atoms with E-state index in [9.17, 15) is 14.4 Å². The number of hydrogen-bond donors (Lipinski definition) is 0. The van der Waals surface area contributed by atoms with Crippen LogP contribution in [0.25, 0.3) is 0 Å². The van der Waals surface area contributed by atoms with Crippen molar-refractivity contribution in [2.45, 2.75) is 309 Å². The monoisotopic (exact) mass is 1040 g/mol. The minimum atomic E-state index is -0.788. The molecule has 6 heteroatoms. The summed E-state index contributed by atoms with van der Waals surface area (Å²) in [6.45, 7) is 6.48. The van der Waals surface area contributed by atoms with Gasteiger partial charge in [0, 0.05) is 19.3 Å². The van der Waals surface area contributed by atoms with E-state index in [1.165, 1.54) is 154 Å². The number of carbonyl (C=O) groups excluding carboxylic acids is 3. The highest BCUT2D eigenvalue weighted by Crippen LogP contribution is 2.16. The Hall–Kier alpha value is -3.67. The third kappa shape index (κ3) is 61.1. The van der Waals surface area contributed by atoms with Gasteiger partial charge in [-0.1, -0.05) is 266 Å². The van der Waals surface area contributed by atoms with Gasteiger partial charge in [0.25, 0.3) is 0 Å². The Balaban J connectivity index is 4.30. The summed E-state index contributed by atoms with van der Waals surface area (Å²) in [6, 6.07) is 0. The van der Waals surface area contributed by atoms with Crippen molar-refractivity contribution in [3.8, 4) is 0 Å². The molecule has 6 nitrogen and oxygen atoms in total. The van der Waals surface area contributed by atoms with Gasteiger partial charge in [0.05, 0.1) is 0 Å². The second-order valence-corrected chi connectivity index (χ2v) is 20.9. The highest BCUT2D eigenvalue weighted by atomic mass is 16.6. The minimum absolute atomic E-state index is 0.0852. The molecule has 75 heavy (non-hydrogen) atoms. The summed E-state index contributed by atoms with van der Waals surface area (Å²) in [7, 11) is 0. The third-order valence-corrected chi connectivity index (χ3v) is 13.5. The molecule has 0 heterocycles. The molecule has 0 aliphatic heterocycles. The van der Waals surface area contributed by atoms with Crippen molar-refractivity contribution in [2.75, 3.05) is 13.2 Å². The first-order chi connectivity index (χ1) is 37.0. The van der Waals surface area contributed by atoms with E-state index in [1.807, 2.05) is 0 Å². The normalized spacial score (nSPS) is 12.7. The van der Waals surface area contributed by atoms with Gasteiger partial charge < -0.3 is 14.2 Å². The average molecular weight is 1040 g/mol. The van der Waals surface area contributed by atoms with Crippen LogP contribution in [0.3, 0.4) is 0 Å². The topological polar surface area (TPSA) is 78.9 Å². The smallest absolute Gasteiger partial charge is 0.306 e. The Morgan fingerprint density at radius 2 is 0.533 bits per heavy atom. The van der Waals surface area contributed by atoms with E-state index in [-0.39, 0.29) is 31.1 Å². The number of allylic oxidation sites excluding steroid dienone is 16. The predicted octanol–water partition coefficient (Wildman–Crippen LogP) is 21.7. The maximum Gasteiger partial charge on any atom is 0.306 e. The molecule has 0 saturated carbocycles. The highest BCUT2D eigenvalue weighted by Gasteiger charge is 2.19. The number of ether oxygens (including phenoxy) is 3. The SMILES string of the molecule is CC/C=C\C/C=C\C/C=C\C/C=C\CCCCCCCCCCC(=O)OC(COC(=O)CCCCCCC/C=C\CCCC)COC(=O)CCCCCCCCCCCC/C=C\C/C=C\C/C=C\CCCCCCC. The van der Waals surface area contributed by atoms with Crippen molar-refractivity contribution in [3.05, 3.63) is 97.2 Å². The summed E-state index contributed by atoms with van der Waals surface area (Å²) in [6.07, 6.45) is 84.1. The summed E-state index contributed by atoms with van der Waals surface area (Å²) in [5.41, 5.74) is 0. The summed E-state index contributed by atoms with van der Waals surface area (Å²) in [5.74, 6) is -0.900. The molecule has 0 saturated heterocycles. The van der Waals surface area contributed by atoms with E-state index in [0.29, 0.717) is 19.3 Å². The van der Waals surface area contributed by atoms with Crippen molar-refractivity contribution in [1.29, 1.82) is 0 Å². The minimum Gasteiger partial charge on any atom is -0.462 e. The highest BCUT2D eigenvalue weighted by molar-refractivity contribution is 5.71. The molecule has 430 valence electrons. The van der Waals surface area contributed by atoms with Crippen LogP contribution in [-0.2, 0) is 28.6 Å². The van der Waals surface area contributed by atoms with Crippen LogP contribution in [0.2, 0.25) is 0 Å². The molecule has 0 amide bonds. The predicted molar refractivity (Wildman–Crippen MR) is 325 cm³/mol. The van der Waals surface area contributed by atoms with Gasteiger partial charge >= 0.3 is 17.9 Å². The number of carbonyl (C=O) groups is 3. The molecule has 0 aromatic carbocycles. The lowest BCUT2D eigenvalue weighted by Gasteiger charge is -2.18. The fraction of sp³-hybridized carbons (Fsp3) is 0.725. The second-order valence-electron chi connectivity index (χ2n) is 20.9. The molecule has 0 radical (unpaired) electrons. The molecule has 1 unspecified atom stereocenters. The lowest BCUT2D eigenvalue weighted by Crippen LogP contribution is -2.30. The molecule has 0 aromatic rings. The fourth-order valence-electron chi connectivity index (χ4n) is 8.78. The van der Waals surface area contributed by atoms with Crippen molar-refractivity contribution < 1.29 is 28.6 Å². The molecule has 0 aliphatic carbocycles. The van der Waals surface area contributed by atoms with E-state index < -0.39 is 6.10 Å². The second kappa shape index (κ2) is 62.9. The molecule has 1 atom stereocenters. The standard InChI is InChI=1S/C69H118O6/c1-4-7-10-13-16-19-22-24-26-28-30-32-33-34-35-37-38-40-42-44-47-50-53-56-59-62-68(71)74-65-66(64-73-67(70)61-58-55-52-49-46-21-18-15-12-9-6-3)75-69(72)63-60-57-54-51-48-45-43-41-39-36-31-29-27-25-23-20-17-14-11-8-5-2/h8,11,15,17-18,20,22,24-25,27-28,30-31,33-34,36,66H,4-7,9-10,12-14,16,19,21,23,26,29,32,35,37-65H2,1-3H3/b11-8-,18-15-,20-17-,24-22-,27-25-,30-28-,34-33-,36-31-. The van der Waals surface area contributed by atoms with Crippen LogP contribution in [0.15, 0.2) is 97.2 Å². The fourth-order valence-corrected chi connectivity index (χ4v) is 8.78. The Kier molecular flexibility index (Phi) is 59.8. The first kappa shape index (κ1) is 71.3. The molecule has 0 aromatic heterocycles. The van der Waals surface area contributed by atoms with Gasteiger partial charge in [-0.25, -0.2) is 0 Å². The molecule has 0 spiro atoms. The molecule has 0 aliphatic rings. The van der Waals surface area contributed by atoms with Crippen LogP contribution in [0.1, 0.15) is 303 Å². The molecule has 0 rings (SSSR count). The summed E-state index contributed by atoms with van der Waals surface area (Å²) < 4.78 is 16.9. The molecular formula is C69H118O6. The Labute approximate surface area is 464 Å². The molecular weight excluding hydrogens is 925 g/mol. The zero-order valence-corrected chi connectivity index (χ0v) is 49.3. The lowest BCUT2D eigenvalue weighted by atomic mass is 10.1. The van der Waals surface area contributed by atoms with E-state index >= 15 is 0 Å². The molecule has 0 bridgehead atoms. The Bertz CT molecular complexity index is 1480. The average Bonchev–Trinajstić information content (AvgIpc) is 3.41. The zero-order chi connectivity index (χ0) is 54.3. The van der Waals surface area contributed by atoms with Crippen LogP contribution in [-0.4, -0.2) is 37.2 Å². The quantitative estimate of drug-likeness (QED) is 0.0261. The maximum atomic E-state index is 12.9. The van der Waals surface area contributed by atoms with E-state index in [1.54, 1.807) is 0 Å². The van der Waals surface area contributed by atoms with Crippen LogP contribution < -0.4 is 0 Å². The van der Waals surface area contributed by atoms with Crippen molar-refractivity contribution >= 4 is 17.9 Å². The summed E-state index contributed by atoms with van der Waals surface area (Å²) >= 11 is 0. The van der Waals surface area contributed by atoms with Crippen LogP contribution in [0, 0.1) is 0 Å². The van der Waals surface area contributed by atoms with Crippen LogP contribution >= 0.6 is 0 Å². The van der Waals surface area contributed by atoms with Gasteiger partial charge in [-0.3, -0.25) is 14.4 Å². The van der Waals surface area contributed by atoms with Crippen molar-refractivity contribution in [2.24, 2.45) is 0 Å². The van der Waals surface area contributed by atoms with E-state index in [4.69, 9.17) is 14.2 Å².